The van der Waals surface area contributed by atoms with Crippen molar-refractivity contribution in [1.29, 1.82) is 0 Å². The molecule has 0 bridgehead atoms. The Kier molecular flexibility index (Phi) is 10.3. The van der Waals surface area contributed by atoms with Crippen molar-refractivity contribution < 1.29 is 0 Å². The SMILES string of the molecule is C=NC(=NC(=NCc1ccc2c(c1)C1(c3ccccc3-c3ccccc31)c1ccccc1-2)c1cc(-c2ccccc2)cc(-c2ccccc2)c1)c1cc(-c2ccccc2)cc(-c2ccccc2)c1. The van der Waals surface area contributed by atoms with Crippen molar-refractivity contribution >= 4 is 18.4 Å². The standard InChI is InChI=1S/C65H45N3/c1-66-63(53-39-49(45-20-6-2-7-21-45)37-50(40-53)46-22-8-3-9-23-46)68-64(54-41-51(47-24-10-4-11-25-47)38-52(42-54)48-26-12-5-13-27-48)67-43-44-34-35-58-57-30-16-19-33-61(57)65(62(58)36-44)59-31-17-14-28-55(59)56-29-15-18-32-60(56)65/h2-42H,1,43H2. The van der Waals surface area contributed by atoms with Crippen LogP contribution in [0.5, 0.6) is 0 Å². The van der Waals surface area contributed by atoms with E-state index in [-0.39, 0.29) is 0 Å². The first kappa shape index (κ1) is 40.7. The lowest BCUT2D eigenvalue weighted by Crippen LogP contribution is -2.25. The Hall–Kier alpha value is -8.79. The van der Waals surface area contributed by atoms with E-state index in [1.807, 2.05) is 12.1 Å². The molecular formula is C65H45N3. The van der Waals surface area contributed by atoms with Gasteiger partial charge in [-0.05, 0) is 138 Å². The van der Waals surface area contributed by atoms with Gasteiger partial charge in [-0.2, -0.15) is 0 Å². The predicted octanol–water partition coefficient (Wildman–Crippen LogP) is 15.8. The molecule has 12 rings (SSSR count). The molecule has 0 unspecified atom stereocenters. The number of fused-ring (bicyclic) bond motifs is 10. The molecule has 0 atom stereocenters. The average molecular weight is 868 g/mol. The van der Waals surface area contributed by atoms with Gasteiger partial charge in [0.15, 0.2) is 11.7 Å². The second-order valence-corrected chi connectivity index (χ2v) is 17.6. The fraction of sp³-hybridized carbons (Fsp3) is 0.0308. The zero-order valence-electron chi connectivity index (χ0n) is 37.4. The molecule has 3 heteroatoms. The van der Waals surface area contributed by atoms with E-state index in [0.29, 0.717) is 18.2 Å². The van der Waals surface area contributed by atoms with Crippen molar-refractivity contribution in [1.82, 2.24) is 0 Å². The van der Waals surface area contributed by atoms with E-state index in [0.717, 1.165) is 61.2 Å². The number of rotatable bonds is 8. The molecular weight excluding hydrogens is 823 g/mol. The van der Waals surface area contributed by atoms with Crippen LogP contribution in [0.4, 0.5) is 0 Å². The van der Waals surface area contributed by atoms with E-state index in [1.54, 1.807) is 0 Å². The maximum atomic E-state index is 5.53. The molecule has 0 radical (unpaired) electrons. The van der Waals surface area contributed by atoms with Crippen molar-refractivity contribution in [2.24, 2.45) is 15.0 Å². The second kappa shape index (κ2) is 17.2. The van der Waals surface area contributed by atoms with Crippen LogP contribution in [0.3, 0.4) is 0 Å². The van der Waals surface area contributed by atoms with Crippen molar-refractivity contribution in [3.05, 3.63) is 288 Å². The normalized spacial score (nSPS) is 13.1. The number of benzene rings is 10. The Morgan fingerprint density at radius 2 is 0.676 bits per heavy atom. The minimum absolute atomic E-state index is 0.391. The highest BCUT2D eigenvalue weighted by atomic mass is 15.0. The zero-order chi connectivity index (χ0) is 45.4. The zero-order valence-corrected chi connectivity index (χ0v) is 37.4. The predicted molar refractivity (Wildman–Crippen MR) is 284 cm³/mol. The first-order valence-corrected chi connectivity index (χ1v) is 23.2. The molecule has 3 nitrogen and oxygen atoms in total. The summed E-state index contributed by atoms with van der Waals surface area (Å²) in [7, 11) is 0. The molecule has 2 aliphatic carbocycles. The van der Waals surface area contributed by atoms with E-state index in [9.17, 15) is 0 Å². The Bertz CT molecular complexity index is 3410. The minimum Gasteiger partial charge on any atom is -0.261 e. The lowest BCUT2D eigenvalue weighted by molar-refractivity contribution is 0.791. The maximum absolute atomic E-state index is 5.53. The van der Waals surface area contributed by atoms with E-state index in [2.05, 4.69) is 248 Å². The largest absolute Gasteiger partial charge is 0.261 e. The third-order valence-corrected chi connectivity index (χ3v) is 13.6. The number of nitrogens with zero attached hydrogens (tertiary/aromatic N) is 3. The summed E-state index contributed by atoms with van der Waals surface area (Å²) in [6.45, 7) is 4.53. The van der Waals surface area contributed by atoms with Crippen LogP contribution in [-0.2, 0) is 12.0 Å². The molecule has 10 aromatic rings. The van der Waals surface area contributed by atoms with Gasteiger partial charge in [0.25, 0.3) is 0 Å². The van der Waals surface area contributed by atoms with E-state index >= 15 is 0 Å². The van der Waals surface area contributed by atoms with Crippen molar-refractivity contribution in [3.63, 3.8) is 0 Å². The van der Waals surface area contributed by atoms with Crippen LogP contribution >= 0.6 is 0 Å². The first-order valence-electron chi connectivity index (χ1n) is 23.2. The van der Waals surface area contributed by atoms with Crippen molar-refractivity contribution in [3.8, 4) is 66.8 Å². The van der Waals surface area contributed by atoms with Gasteiger partial charge < -0.3 is 0 Å². The molecule has 10 aromatic carbocycles. The highest BCUT2D eigenvalue weighted by Crippen LogP contribution is 2.62. The Morgan fingerprint density at radius 1 is 0.324 bits per heavy atom. The fourth-order valence-corrected chi connectivity index (χ4v) is 10.6. The summed E-state index contributed by atoms with van der Waals surface area (Å²) in [5.41, 5.74) is 21.4. The van der Waals surface area contributed by atoms with Crippen LogP contribution in [-0.4, -0.2) is 18.4 Å². The molecule has 0 aromatic heterocycles. The van der Waals surface area contributed by atoms with Crippen molar-refractivity contribution in [2.75, 3.05) is 0 Å². The Balaban J connectivity index is 1.05. The van der Waals surface area contributed by atoms with Gasteiger partial charge in [-0.15, -0.1) is 0 Å². The molecule has 0 saturated carbocycles. The van der Waals surface area contributed by atoms with Gasteiger partial charge in [-0.1, -0.05) is 212 Å². The van der Waals surface area contributed by atoms with Gasteiger partial charge in [0.05, 0.1) is 12.0 Å². The van der Waals surface area contributed by atoms with Gasteiger partial charge in [-0.3, -0.25) is 4.99 Å². The van der Waals surface area contributed by atoms with Gasteiger partial charge in [0.2, 0.25) is 0 Å². The van der Waals surface area contributed by atoms with Gasteiger partial charge in [0.1, 0.15) is 0 Å². The van der Waals surface area contributed by atoms with E-state index < -0.39 is 5.41 Å². The van der Waals surface area contributed by atoms with Crippen molar-refractivity contribution in [2.45, 2.75) is 12.0 Å². The topological polar surface area (TPSA) is 37.1 Å². The molecule has 1 spiro atoms. The summed E-state index contributed by atoms with van der Waals surface area (Å²) in [5, 5.41) is 0. The molecule has 0 N–H and O–H groups in total. The van der Waals surface area contributed by atoms with E-state index in [4.69, 9.17) is 9.98 Å². The summed E-state index contributed by atoms with van der Waals surface area (Å²) < 4.78 is 0. The summed E-state index contributed by atoms with van der Waals surface area (Å²) in [4.78, 5) is 15.7. The number of hydrogen-bond donors (Lipinski definition) is 0. The molecule has 0 saturated heterocycles. The van der Waals surface area contributed by atoms with Crippen LogP contribution < -0.4 is 0 Å². The van der Waals surface area contributed by atoms with Gasteiger partial charge in [0, 0.05) is 11.1 Å². The number of hydrogen-bond acceptors (Lipinski definition) is 1. The lowest BCUT2D eigenvalue weighted by Gasteiger charge is -2.30. The number of amidine groups is 2. The molecule has 68 heavy (non-hydrogen) atoms. The highest BCUT2D eigenvalue weighted by molar-refractivity contribution is 6.14. The molecule has 0 aliphatic heterocycles. The first-order chi connectivity index (χ1) is 33.7. The van der Waals surface area contributed by atoms with E-state index in [1.165, 1.54) is 44.5 Å². The number of aliphatic imine (C=N–C) groups is 3. The monoisotopic (exact) mass is 867 g/mol. The maximum Gasteiger partial charge on any atom is 0.161 e. The van der Waals surface area contributed by atoms with Gasteiger partial charge in [-0.25, -0.2) is 9.98 Å². The smallest absolute Gasteiger partial charge is 0.161 e. The quantitative estimate of drug-likeness (QED) is 0.108. The van der Waals surface area contributed by atoms with Crippen LogP contribution in [0, 0.1) is 0 Å². The van der Waals surface area contributed by atoms with Crippen LogP contribution in [0.15, 0.2) is 264 Å². The highest BCUT2D eigenvalue weighted by Gasteiger charge is 2.51. The van der Waals surface area contributed by atoms with Crippen LogP contribution in [0.2, 0.25) is 0 Å². The second-order valence-electron chi connectivity index (χ2n) is 17.6. The molecule has 320 valence electrons. The molecule has 2 aliphatic rings. The fourth-order valence-electron chi connectivity index (χ4n) is 10.6. The third kappa shape index (κ3) is 7.04. The van der Waals surface area contributed by atoms with Gasteiger partial charge >= 0.3 is 0 Å². The molecule has 0 fully saturated rings. The summed E-state index contributed by atoms with van der Waals surface area (Å²) in [5.74, 6) is 1.07. The summed E-state index contributed by atoms with van der Waals surface area (Å²) >= 11 is 0. The van der Waals surface area contributed by atoms with Crippen LogP contribution in [0.1, 0.15) is 38.9 Å². The summed E-state index contributed by atoms with van der Waals surface area (Å²) in [6, 6.07) is 89.0. The third-order valence-electron chi connectivity index (χ3n) is 13.6. The Labute approximate surface area is 397 Å². The average Bonchev–Trinajstić information content (AvgIpc) is 3.89. The Morgan fingerprint density at radius 3 is 1.07 bits per heavy atom. The summed E-state index contributed by atoms with van der Waals surface area (Å²) in [6.07, 6.45) is 0. The lowest BCUT2D eigenvalue weighted by atomic mass is 9.70. The minimum atomic E-state index is -0.450. The van der Waals surface area contributed by atoms with Crippen LogP contribution in [0.25, 0.3) is 66.8 Å². The molecule has 0 heterocycles. The molecule has 0 amide bonds.